The van der Waals surface area contributed by atoms with Crippen molar-refractivity contribution in [1.82, 2.24) is 0 Å². The van der Waals surface area contributed by atoms with E-state index < -0.39 is 0 Å². The third-order valence-corrected chi connectivity index (χ3v) is 4.86. The van der Waals surface area contributed by atoms with E-state index >= 15 is 0 Å². The number of ether oxygens (including phenoxy) is 1. The Balaban J connectivity index is 1.75. The van der Waals surface area contributed by atoms with Gasteiger partial charge >= 0.3 is 0 Å². The summed E-state index contributed by atoms with van der Waals surface area (Å²) in [6, 6.07) is 15.4. The number of nitrogens with zero attached hydrogens (tertiary/aromatic N) is 1. The van der Waals surface area contributed by atoms with E-state index in [1.54, 1.807) is 0 Å². The molecule has 0 spiro atoms. The fourth-order valence-electron chi connectivity index (χ4n) is 3.21. The lowest BCUT2D eigenvalue weighted by atomic mass is 10.1. The molecule has 0 aliphatic carbocycles. The Bertz CT molecular complexity index is 738. The molecule has 1 aliphatic rings. The zero-order valence-electron chi connectivity index (χ0n) is 15.7. The molecule has 0 saturated carbocycles. The van der Waals surface area contributed by atoms with E-state index in [-0.39, 0.29) is 12.0 Å². The largest absolute Gasteiger partial charge is 0.491 e. The number of benzene rings is 2. The molecule has 2 aromatic carbocycles. The normalized spacial score (nSPS) is 15.4. The summed E-state index contributed by atoms with van der Waals surface area (Å²) in [7, 11) is 0. The molecule has 0 bridgehead atoms. The molecule has 3 rings (SSSR count). The molecule has 4 nitrogen and oxygen atoms in total. The van der Waals surface area contributed by atoms with Gasteiger partial charge in [-0.3, -0.25) is 4.79 Å². The molecular formula is C22H28N2O2. The number of amides is 1. The fraction of sp³-hybridized carbons (Fsp3) is 0.409. The average Bonchev–Trinajstić information content (AvgIpc) is 2.69. The Morgan fingerprint density at radius 3 is 2.65 bits per heavy atom. The molecule has 1 saturated heterocycles. The first-order chi connectivity index (χ1) is 12.7. The van der Waals surface area contributed by atoms with Crippen molar-refractivity contribution in [3.8, 4) is 5.75 Å². The first-order valence-corrected chi connectivity index (χ1v) is 9.59. The standard InChI is InChI=1S/C22H28N2O2/c1-3-17(2)26-19-11-9-10-18(16-19)22(25)23-20-12-5-6-13-21(20)24-14-7-4-8-15-24/h5-6,9-13,16-17H,3-4,7-8,14-15H2,1-2H3,(H,23,25)/t17-/m0/s1. The Kier molecular flexibility index (Phi) is 6.16. The summed E-state index contributed by atoms with van der Waals surface area (Å²) in [4.78, 5) is 15.1. The molecule has 1 atom stereocenters. The summed E-state index contributed by atoms with van der Waals surface area (Å²) in [5, 5.41) is 3.08. The zero-order chi connectivity index (χ0) is 18.4. The summed E-state index contributed by atoms with van der Waals surface area (Å²) in [6.07, 6.45) is 4.76. The van der Waals surface area contributed by atoms with Crippen molar-refractivity contribution in [3.05, 3.63) is 54.1 Å². The maximum Gasteiger partial charge on any atom is 0.255 e. The van der Waals surface area contributed by atoms with Crippen molar-refractivity contribution >= 4 is 17.3 Å². The fourth-order valence-corrected chi connectivity index (χ4v) is 3.21. The highest BCUT2D eigenvalue weighted by Gasteiger charge is 2.16. The third kappa shape index (κ3) is 4.57. The first kappa shape index (κ1) is 18.3. The summed E-state index contributed by atoms with van der Waals surface area (Å²) >= 11 is 0. The molecule has 26 heavy (non-hydrogen) atoms. The highest BCUT2D eigenvalue weighted by atomic mass is 16.5. The van der Waals surface area contributed by atoms with E-state index in [2.05, 4.69) is 23.2 Å². The molecule has 1 fully saturated rings. The van der Waals surface area contributed by atoms with Gasteiger partial charge in [-0.2, -0.15) is 0 Å². The Labute approximate surface area is 156 Å². The molecule has 0 radical (unpaired) electrons. The smallest absolute Gasteiger partial charge is 0.255 e. The van der Waals surface area contributed by atoms with Gasteiger partial charge in [0.15, 0.2) is 0 Å². The molecule has 1 heterocycles. The van der Waals surface area contributed by atoms with Crippen molar-refractivity contribution in [2.24, 2.45) is 0 Å². The third-order valence-electron chi connectivity index (χ3n) is 4.86. The van der Waals surface area contributed by atoms with Gasteiger partial charge in [-0.1, -0.05) is 25.1 Å². The summed E-state index contributed by atoms with van der Waals surface area (Å²) in [5.41, 5.74) is 2.58. The van der Waals surface area contributed by atoms with Gasteiger partial charge in [-0.05, 0) is 62.9 Å². The van der Waals surface area contributed by atoms with E-state index in [4.69, 9.17) is 4.74 Å². The second-order valence-corrected chi connectivity index (χ2v) is 6.88. The van der Waals surface area contributed by atoms with Gasteiger partial charge in [-0.25, -0.2) is 0 Å². The van der Waals surface area contributed by atoms with Crippen LogP contribution in [0, 0.1) is 0 Å². The van der Waals surface area contributed by atoms with Crippen LogP contribution in [0.3, 0.4) is 0 Å². The van der Waals surface area contributed by atoms with Crippen LogP contribution in [0.5, 0.6) is 5.75 Å². The molecule has 0 unspecified atom stereocenters. The van der Waals surface area contributed by atoms with E-state index in [0.29, 0.717) is 5.56 Å². The Hall–Kier alpha value is -2.49. The van der Waals surface area contributed by atoms with Crippen LogP contribution in [-0.2, 0) is 0 Å². The van der Waals surface area contributed by atoms with Gasteiger partial charge in [0.2, 0.25) is 0 Å². The first-order valence-electron chi connectivity index (χ1n) is 9.59. The molecule has 2 aromatic rings. The van der Waals surface area contributed by atoms with Gasteiger partial charge in [0.25, 0.3) is 5.91 Å². The van der Waals surface area contributed by atoms with Crippen LogP contribution in [-0.4, -0.2) is 25.1 Å². The van der Waals surface area contributed by atoms with Crippen LogP contribution >= 0.6 is 0 Å². The second kappa shape index (κ2) is 8.75. The van der Waals surface area contributed by atoms with Crippen molar-refractivity contribution in [2.75, 3.05) is 23.3 Å². The molecule has 138 valence electrons. The quantitative estimate of drug-likeness (QED) is 0.786. The molecule has 0 aromatic heterocycles. The van der Waals surface area contributed by atoms with Crippen molar-refractivity contribution in [1.29, 1.82) is 0 Å². The maximum atomic E-state index is 12.8. The van der Waals surface area contributed by atoms with Crippen LogP contribution in [0.25, 0.3) is 0 Å². The molecule has 4 heteroatoms. The molecular weight excluding hydrogens is 324 g/mol. The second-order valence-electron chi connectivity index (χ2n) is 6.88. The molecule has 1 aliphatic heterocycles. The van der Waals surface area contributed by atoms with Crippen LogP contribution in [0.1, 0.15) is 49.9 Å². The number of carbonyl (C=O) groups is 1. The average molecular weight is 352 g/mol. The predicted molar refractivity (Wildman–Crippen MR) is 107 cm³/mol. The number of piperidine rings is 1. The number of hydrogen-bond acceptors (Lipinski definition) is 3. The monoisotopic (exact) mass is 352 g/mol. The SMILES string of the molecule is CC[C@H](C)Oc1cccc(C(=O)Nc2ccccc2N2CCCCC2)c1. The Morgan fingerprint density at radius 2 is 1.88 bits per heavy atom. The van der Waals surface area contributed by atoms with Gasteiger partial charge in [0.1, 0.15) is 5.75 Å². The van der Waals surface area contributed by atoms with E-state index in [1.807, 2.05) is 49.4 Å². The number of rotatable bonds is 6. The van der Waals surface area contributed by atoms with Gasteiger partial charge in [0, 0.05) is 18.7 Å². The summed E-state index contributed by atoms with van der Waals surface area (Å²) < 4.78 is 5.84. The molecule has 1 amide bonds. The lowest BCUT2D eigenvalue weighted by Crippen LogP contribution is -2.30. The minimum atomic E-state index is -0.107. The highest BCUT2D eigenvalue weighted by Crippen LogP contribution is 2.29. The van der Waals surface area contributed by atoms with E-state index in [9.17, 15) is 4.79 Å². The van der Waals surface area contributed by atoms with Crippen LogP contribution in [0.15, 0.2) is 48.5 Å². The van der Waals surface area contributed by atoms with Gasteiger partial charge in [-0.15, -0.1) is 0 Å². The lowest BCUT2D eigenvalue weighted by molar-refractivity contribution is 0.102. The van der Waals surface area contributed by atoms with Crippen LogP contribution < -0.4 is 15.0 Å². The number of para-hydroxylation sites is 2. The molecule has 1 N–H and O–H groups in total. The lowest BCUT2D eigenvalue weighted by Gasteiger charge is -2.30. The van der Waals surface area contributed by atoms with E-state index in [1.165, 1.54) is 19.3 Å². The number of anilines is 2. The maximum absolute atomic E-state index is 12.8. The number of nitrogens with one attached hydrogen (secondary N) is 1. The van der Waals surface area contributed by atoms with Crippen LogP contribution in [0.4, 0.5) is 11.4 Å². The van der Waals surface area contributed by atoms with Gasteiger partial charge in [0.05, 0.1) is 17.5 Å². The summed E-state index contributed by atoms with van der Waals surface area (Å²) in [6.45, 7) is 6.20. The summed E-state index contributed by atoms with van der Waals surface area (Å²) in [5.74, 6) is 0.625. The highest BCUT2D eigenvalue weighted by molar-refractivity contribution is 6.06. The zero-order valence-corrected chi connectivity index (χ0v) is 15.7. The topological polar surface area (TPSA) is 41.6 Å². The van der Waals surface area contributed by atoms with E-state index in [0.717, 1.165) is 36.6 Å². The number of carbonyl (C=O) groups excluding carboxylic acids is 1. The minimum absolute atomic E-state index is 0.107. The van der Waals surface area contributed by atoms with Gasteiger partial charge < -0.3 is 15.0 Å². The van der Waals surface area contributed by atoms with Crippen molar-refractivity contribution in [2.45, 2.75) is 45.6 Å². The minimum Gasteiger partial charge on any atom is -0.491 e. The predicted octanol–water partition coefficient (Wildman–Crippen LogP) is 5.11. The number of hydrogen-bond donors (Lipinski definition) is 1. The Morgan fingerprint density at radius 1 is 1.12 bits per heavy atom. The van der Waals surface area contributed by atoms with Crippen molar-refractivity contribution in [3.63, 3.8) is 0 Å². The van der Waals surface area contributed by atoms with Crippen LogP contribution in [0.2, 0.25) is 0 Å². The van der Waals surface area contributed by atoms with Crippen molar-refractivity contribution < 1.29 is 9.53 Å².